The number of hydrazine groups is 1. The summed E-state index contributed by atoms with van der Waals surface area (Å²) in [5.41, 5.74) is 5.84. The molecule has 6 nitrogen and oxygen atoms in total. The molecule has 0 saturated heterocycles. The minimum Gasteiger partial charge on any atom is -0.352 e. The number of aromatic amines is 1. The summed E-state index contributed by atoms with van der Waals surface area (Å²) in [6, 6.07) is 14.1. The van der Waals surface area contributed by atoms with Gasteiger partial charge in [-0.05, 0) is 24.3 Å². The quantitative estimate of drug-likeness (QED) is 0.499. The zero-order valence-corrected chi connectivity index (χ0v) is 12.7. The number of carbonyl (C=O) groups is 2. The first-order chi connectivity index (χ1) is 11.1. The van der Waals surface area contributed by atoms with Crippen LogP contribution in [0.15, 0.2) is 54.7 Å². The SMILES string of the molecule is O=C(NNC(=O)c1ccc[nH]c1=S)c1ccc2ccccc2n1. The van der Waals surface area contributed by atoms with Crippen molar-refractivity contribution in [2.45, 2.75) is 0 Å². The number of H-pyrrole nitrogens is 1. The average molecular weight is 324 g/mol. The van der Waals surface area contributed by atoms with E-state index in [0.717, 1.165) is 5.39 Å². The molecule has 114 valence electrons. The molecule has 0 aliphatic carbocycles. The van der Waals surface area contributed by atoms with E-state index in [2.05, 4.69) is 20.8 Å². The van der Waals surface area contributed by atoms with Gasteiger partial charge in [-0.2, -0.15) is 0 Å². The van der Waals surface area contributed by atoms with Crippen LogP contribution < -0.4 is 10.9 Å². The van der Waals surface area contributed by atoms with Crippen molar-refractivity contribution >= 4 is 34.9 Å². The minimum absolute atomic E-state index is 0.210. The Bertz CT molecular complexity index is 952. The molecule has 2 heterocycles. The smallest absolute Gasteiger partial charge is 0.288 e. The molecule has 0 fully saturated rings. The average Bonchev–Trinajstić information content (AvgIpc) is 2.59. The molecular weight excluding hydrogens is 312 g/mol. The van der Waals surface area contributed by atoms with Crippen LogP contribution in [0, 0.1) is 4.64 Å². The lowest BCUT2D eigenvalue weighted by molar-refractivity contribution is 0.0843. The van der Waals surface area contributed by atoms with Gasteiger partial charge in [0.2, 0.25) is 0 Å². The van der Waals surface area contributed by atoms with Crippen LogP contribution in [0.2, 0.25) is 0 Å². The van der Waals surface area contributed by atoms with Gasteiger partial charge in [0.25, 0.3) is 11.8 Å². The number of nitrogens with zero attached hydrogens (tertiary/aromatic N) is 1. The molecule has 23 heavy (non-hydrogen) atoms. The van der Waals surface area contributed by atoms with E-state index in [1.807, 2.05) is 24.3 Å². The molecule has 0 aliphatic rings. The van der Waals surface area contributed by atoms with Crippen molar-refractivity contribution in [1.82, 2.24) is 20.8 Å². The first-order valence-electron chi connectivity index (χ1n) is 6.79. The fourth-order valence-electron chi connectivity index (χ4n) is 2.04. The van der Waals surface area contributed by atoms with Crippen LogP contribution in [0.3, 0.4) is 0 Å². The van der Waals surface area contributed by atoms with Gasteiger partial charge in [-0.25, -0.2) is 4.98 Å². The Morgan fingerprint density at radius 1 is 0.957 bits per heavy atom. The number of carbonyl (C=O) groups excluding carboxylic acids is 2. The molecule has 0 atom stereocenters. The number of nitrogens with one attached hydrogen (secondary N) is 3. The lowest BCUT2D eigenvalue weighted by Crippen LogP contribution is -2.42. The van der Waals surface area contributed by atoms with Crippen molar-refractivity contribution in [3.63, 3.8) is 0 Å². The highest BCUT2D eigenvalue weighted by molar-refractivity contribution is 7.71. The highest BCUT2D eigenvalue weighted by Crippen LogP contribution is 2.11. The number of hydrogen-bond acceptors (Lipinski definition) is 4. The van der Waals surface area contributed by atoms with Crippen LogP contribution in [0.25, 0.3) is 10.9 Å². The Labute approximate surface area is 136 Å². The predicted molar refractivity (Wildman–Crippen MR) is 88.3 cm³/mol. The third-order valence-corrected chi connectivity index (χ3v) is 3.52. The summed E-state index contributed by atoms with van der Waals surface area (Å²) in [4.78, 5) is 31.1. The number of para-hydroxylation sites is 1. The van der Waals surface area contributed by atoms with E-state index in [0.29, 0.717) is 10.2 Å². The molecule has 0 aliphatic heterocycles. The molecule has 2 aromatic heterocycles. The fraction of sp³-hybridized carbons (Fsp3) is 0. The number of aromatic nitrogens is 2. The second-order valence-corrected chi connectivity index (χ2v) is 5.12. The molecule has 0 radical (unpaired) electrons. The number of amides is 2. The van der Waals surface area contributed by atoms with Gasteiger partial charge in [0.15, 0.2) is 0 Å². The minimum atomic E-state index is -0.505. The summed E-state index contributed by atoms with van der Waals surface area (Å²) in [6.07, 6.45) is 1.62. The van der Waals surface area contributed by atoms with Gasteiger partial charge in [0.1, 0.15) is 10.3 Å². The van der Waals surface area contributed by atoms with Gasteiger partial charge in [-0.1, -0.05) is 36.5 Å². The standard InChI is InChI=1S/C16H12N4O2S/c21-14(11-5-3-9-17-16(11)23)19-20-15(22)13-8-7-10-4-1-2-6-12(10)18-13/h1-9H,(H,17,23)(H,19,21)(H,20,22). The van der Waals surface area contributed by atoms with Crippen LogP contribution in [-0.2, 0) is 0 Å². The molecule has 2 amide bonds. The maximum Gasteiger partial charge on any atom is 0.288 e. The van der Waals surface area contributed by atoms with Crippen molar-refractivity contribution in [2.75, 3.05) is 0 Å². The van der Waals surface area contributed by atoms with Gasteiger partial charge in [0, 0.05) is 11.6 Å². The van der Waals surface area contributed by atoms with Crippen LogP contribution in [0.1, 0.15) is 20.8 Å². The van der Waals surface area contributed by atoms with E-state index in [4.69, 9.17) is 12.2 Å². The highest BCUT2D eigenvalue weighted by atomic mass is 32.1. The van der Waals surface area contributed by atoms with Gasteiger partial charge >= 0.3 is 0 Å². The molecule has 1 aromatic carbocycles. The molecule has 0 spiro atoms. The molecule has 0 unspecified atom stereocenters. The van der Waals surface area contributed by atoms with Crippen LogP contribution >= 0.6 is 12.2 Å². The topological polar surface area (TPSA) is 86.9 Å². The van der Waals surface area contributed by atoms with Gasteiger partial charge in [-0.15, -0.1) is 0 Å². The van der Waals surface area contributed by atoms with E-state index < -0.39 is 11.8 Å². The fourth-order valence-corrected chi connectivity index (χ4v) is 2.27. The van der Waals surface area contributed by atoms with Crippen LogP contribution in [-0.4, -0.2) is 21.8 Å². The van der Waals surface area contributed by atoms with Crippen molar-refractivity contribution in [1.29, 1.82) is 0 Å². The zero-order chi connectivity index (χ0) is 16.2. The third-order valence-electron chi connectivity index (χ3n) is 3.18. The lowest BCUT2D eigenvalue weighted by Gasteiger charge is -2.07. The highest BCUT2D eigenvalue weighted by Gasteiger charge is 2.11. The van der Waals surface area contributed by atoms with Crippen molar-refractivity contribution < 1.29 is 9.59 Å². The Hall–Kier alpha value is -3.06. The molecule has 0 bridgehead atoms. The second kappa shape index (κ2) is 6.37. The van der Waals surface area contributed by atoms with E-state index in [9.17, 15) is 9.59 Å². The van der Waals surface area contributed by atoms with Crippen molar-refractivity contribution in [3.8, 4) is 0 Å². The maximum atomic E-state index is 12.1. The predicted octanol–water partition coefficient (Wildman–Crippen LogP) is 2.37. The first-order valence-corrected chi connectivity index (χ1v) is 7.20. The Kier molecular flexibility index (Phi) is 4.11. The second-order valence-electron chi connectivity index (χ2n) is 4.71. The molecule has 3 N–H and O–H groups in total. The molecular formula is C16H12N4O2S. The summed E-state index contributed by atoms with van der Waals surface area (Å²) in [6.45, 7) is 0. The van der Waals surface area contributed by atoms with Crippen molar-refractivity contribution in [2.24, 2.45) is 0 Å². The van der Waals surface area contributed by atoms with E-state index in [1.54, 1.807) is 30.5 Å². The first kappa shape index (κ1) is 14.9. The van der Waals surface area contributed by atoms with E-state index in [-0.39, 0.29) is 11.3 Å². The number of fused-ring (bicyclic) bond motifs is 1. The van der Waals surface area contributed by atoms with Gasteiger partial charge < -0.3 is 4.98 Å². The molecule has 7 heteroatoms. The van der Waals surface area contributed by atoms with E-state index >= 15 is 0 Å². The largest absolute Gasteiger partial charge is 0.352 e. The van der Waals surface area contributed by atoms with E-state index in [1.165, 1.54) is 0 Å². The molecule has 3 aromatic rings. The summed E-state index contributed by atoms with van der Waals surface area (Å²) in [5.74, 6) is -1.00. The zero-order valence-electron chi connectivity index (χ0n) is 11.9. The third kappa shape index (κ3) is 3.24. The summed E-state index contributed by atoms with van der Waals surface area (Å²) >= 11 is 5.01. The number of benzene rings is 1. The molecule has 0 saturated carbocycles. The normalized spacial score (nSPS) is 10.3. The summed E-state index contributed by atoms with van der Waals surface area (Å²) in [5, 5.41) is 0.934. The van der Waals surface area contributed by atoms with Crippen molar-refractivity contribution in [3.05, 3.63) is 70.6 Å². The van der Waals surface area contributed by atoms with Crippen LogP contribution in [0.4, 0.5) is 0 Å². The van der Waals surface area contributed by atoms with Gasteiger partial charge in [0.05, 0.1) is 11.1 Å². The monoisotopic (exact) mass is 324 g/mol. The summed E-state index contributed by atoms with van der Waals surface area (Å²) in [7, 11) is 0. The Morgan fingerprint density at radius 3 is 2.57 bits per heavy atom. The Balaban J connectivity index is 1.72. The lowest BCUT2D eigenvalue weighted by atomic mass is 10.2. The molecule has 3 rings (SSSR count). The number of hydrogen-bond donors (Lipinski definition) is 3. The Morgan fingerprint density at radius 2 is 1.74 bits per heavy atom. The van der Waals surface area contributed by atoms with Crippen LogP contribution in [0.5, 0.6) is 0 Å². The number of rotatable bonds is 2. The maximum absolute atomic E-state index is 12.1. The number of pyridine rings is 2. The summed E-state index contributed by atoms with van der Waals surface area (Å²) < 4.78 is 0.295. The van der Waals surface area contributed by atoms with Gasteiger partial charge in [-0.3, -0.25) is 20.4 Å².